The van der Waals surface area contributed by atoms with Crippen molar-refractivity contribution in [3.05, 3.63) is 28.8 Å². The minimum atomic E-state index is -0.429. The number of carbonyl (C=O) groups is 1. The van der Waals surface area contributed by atoms with Gasteiger partial charge in [0.25, 0.3) is 0 Å². The zero-order valence-corrected chi connectivity index (χ0v) is 12.3. The molecular weight excluding hydrogens is 284 g/mol. The highest BCUT2D eigenvalue weighted by Gasteiger charge is 2.38. The van der Waals surface area contributed by atoms with Gasteiger partial charge in [0.05, 0.1) is 20.6 Å². The van der Waals surface area contributed by atoms with Crippen LogP contribution in [0.4, 0.5) is 0 Å². The van der Waals surface area contributed by atoms with Gasteiger partial charge >= 0.3 is 5.97 Å². The monoisotopic (exact) mass is 300 g/mol. The molecule has 0 aliphatic carbocycles. The predicted molar refractivity (Wildman–Crippen MR) is 72.8 cm³/mol. The molecule has 20 heavy (non-hydrogen) atoms. The van der Waals surface area contributed by atoms with Gasteiger partial charge in [-0.3, -0.25) is 4.79 Å². The second-order valence-electron chi connectivity index (χ2n) is 4.47. The summed E-state index contributed by atoms with van der Waals surface area (Å²) in [5.41, 5.74) is 0.740. The third kappa shape index (κ3) is 3.23. The van der Waals surface area contributed by atoms with Crippen LogP contribution in [0.3, 0.4) is 0 Å². The molecule has 1 heterocycles. The Morgan fingerprint density at radius 2 is 2.10 bits per heavy atom. The Bertz CT molecular complexity index is 490. The van der Waals surface area contributed by atoms with Crippen molar-refractivity contribution in [2.24, 2.45) is 0 Å². The van der Waals surface area contributed by atoms with Crippen LogP contribution in [0.5, 0.6) is 5.75 Å². The van der Waals surface area contributed by atoms with E-state index in [2.05, 4.69) is 4.74 Å². The molecule has 2 rings (SSSR count). The highest BCUT2D eigenvalue weighted by Crippen LogP contribution is 2.39. The summed E-state index contributed by atoms with van der Waals surface area (Å²) in [6.45, 7) is 1.78. The number of ether oxygens (including phenoxy) is 4. The summed E-state index contributed by atoms with van der Waals surface area (Å²) in [6, 6.07) is 5.29. The molecule has 0 unspecified atom stereocenters. The maximum atomic E-state index is 11.4. The highest BCUT2D eigenvalue weighted by molar-refractivity contribution is 6.31. The molecule has 0 amide bonds. The standard InChI is InChI=1S/C14H17ClO5/c1-8-19-12(7-13(16)18-3)14(20-8)10-6-9(17-2)4-5-11(10)15/h4-6,8,12,14H,7H2,1-3H3/t8-,12-,14-/m1/s1. The molecule has 6 heteroatoms. The zero-order chi connectivity index (χ0) is 14.7. The van der Waals surface area contributed by atoms with Crippen molar-refractivity contribution in [2.75, 3.05) is 14.2 Å². The minimum absolute atomic E-state index is 0.110. The second kappa shape index (κ2) is 6.43. The quantitative estimate of drug-likeness (QED) is 0.800. The topological polar surface area (TPSA) is 54.0 Å². The molecule has 110 valence electrons. The Hall–Kier alpha value is -1.30. The van der Waals surface area contributed by atoms with Crippen molar-refractivity contribution in [1.29, 1.82) is 0 Å². The Balaban J connectivity index is 2.26. The lowest BCUT2D eigenvalue weighted by Crippen LogP contribution is -2.20. The van der Waals surface area contributed by atoms with E-state index in [1.807, 2.05) is 0 Å². The molecule has 3 atom stereocenters. The number of hydrogen-bond donors (Lipinski definition) is 0. The van der Waals surface area contributed by atoms with E-state index in [-0.39, 0.29) is 12.4 Å². The number of benzene rings is 1. The van der Waals surface area contributed by atoms with Gasteiger partial charge in [0, 0.05) is 10.6 Å². The van der Waals surface area contributed by atoms with E-state index in [0.717, 1.165) is 5.56 Å². The van der Waals surface area contributed by atoms with Gasteiger partial charge in [-0.25, -0.2) is 0 Å². The molecular formula is C14H17ClO5. The smallest absolute Gasteiger partial charge is 0.308 e. The van der Waals surface area contributed by atoms with Crippen LogP contribution in [0, 0.1) is 0 Å². The van der Waals surface area contributed by atoms with Gasteiger partial charge in [0.1, 0.15) is 18.0 Å². The van der Waals surface area contributed by atoms with Crippen molar-refractivity contribution in [2.45, 2.75) is 31.8 Å². The van der Waals surface area contributed by atoms with Gasteiger partial charge in [-0.1, -0.05) is 11.6 Å². The lowest BCUT2D eigenvalue weighted by atomic mass is 10.0. The summed E-state index contributed by atoms with van der Waals surface area (Å²) in [7, 11) is 2.92. The van der Waals surface area contributed by atoms with E-state index in [0.29, 0.717) is 10.8 Å². The fraction of sp³-hybridized carbons (Fsp3) is 0.500. The Kier molecular flexibility index (Phi) is 4.86. The van der Waals surface area contributed by atoms with Crippen LogP contribution in [0.25, 0.3) is 0 Å². The first kappa shape index (κ1) is 15.1. The van der Waals surface area contributed by atoms with Gasteiger partial charge in [-0.05, 0) is 25.1 Å². The summed E-state index contributed by atoms with van der Waals surface area (Å²) in [6.07, 6.45) is -1.15. The molecule has 1 aromatic carbocycles. The largest absolute Gasteiger partial charge is 0.497 e. The molecule has 5 nitrogen and oxygen atoms in total. The Morgan fingerprint density at radius 3 is 2.75 bits per heavy atom. The molecule has 0 N–H and O–H groups in total. The lowest BCUT2D eigenvalue weighted by Gasteiger charge is -2.18. The van der Waals surface area contributed by atoms with Gasteiger partial charge in [0.2, 0.25) is 0 Å². The Labute approximate surface area is 122 Å². The molecule has 1 fully saturated rings. The van der Waals surface area contributed by atoms with Crippen LogP contribution in [-0.2, 0) is 19.0 Å². The summed E-state index contributed by atoms with van der Waals surface area (Å²) in [4.78, 5) is 11.4. The number of halogens is 1. The fourth-order valence-electron chi connectivity index (χ4n) is 2.19. The summed E-state index contributed by atoms with van der Waals surface area (Å²) in [5, 5.41) is 0.545. The van der Waals surface area contributed by atoms with E-state index < -0.39 is 18.5 Å². The van der Waals surface area contributed by atoms with Gasteiger partial charge in [-0.15, -0.1) is 0 Å². The summed E-state index contributed by atoms with van der Waals surface area (Å²) >= 11 is 6.21. The predicted octanol–water partition coefficient (Wildman–Crippen LogP) is 2.71. The molecule has 1 aliphatic rings. The van der Waals surface area contributed by atoms with Crippen LogP contribution in [0.2, 0.25) is 5.02 Å². The third-order valence-corrected chi connectivity index (χ3v) is 3.49. The van der Waals surface area contributed by atoms with Crippen LogP contribution in [-0.4, -0.2) is 32.6 Å². The number of methoxy groups -OCH3 is 2. The van der Waals surface area contributed by atoms with E-state index in [1.54, 1.807) is 32.2 Å². The van der Waals surface area contributed by atoms with Crippen LogP contribution >= 0.6 is 11.6 Å². The fourth-order valence-corrected chi connectivity index (χ4v) is 2.41. The van der Waals surface area contributed by atoms with E-state index in [4.69, 9.17) is 25.8 Å². The van der Waals surface area contributed by atoms with E-state index in [9.17, 15) is 4.79 Å². The van der Waals surface area contributed by atoms with Crippen molar-refractivity contribution in [3.63, 3.8) is 0 Å². The Morgan fingerprint density at radius 1 is 1.35 bits per heavy atom. The zero-order valence-electron chi connectivity index (χ0n) is 11.6. The van der Waals surface area contributed by atoms with E-state index in [1.165, 1.54) is 7.11 Å². The molecule has 1 saturated heterocycles. The van der Waals surface area contributed by atoms with Gasteiger partial charge in [-0.2, -0.15) is 0 Å². The SMILES string of the molecule is COC(=O)C[C@H]1O[C@@H](C)O[C@@H]1c1cc(OC)ccc1Cl. The van der Waals surface area contributed by atoms with Gasteiger partial charge < -0.3 is 18.9 Å². The molecule has 0 radical (unpaired) electrons. The molecule has 0 saturated carbocycles. The van der Waals surface area contributed by atoms with Crippen molar-refractivity contribution >= 4 is 17.6 Å². The molecule has 1 aliphatic heterocycles. The molecule has 0 bridgehead atoms. The average Bonchev–Trinajstić information content (AvgIpc) is 2.79. The molecule has 0 aromatic heterocycles. The summed E-state index contributed by atoms with van der Waals surface area (Å²) < 4.78 is 21.2. The number of rotatable bonds is 4. The van der Waals surface area contributed by atoms with Crippen molar-refractivity contribution in [3.8, 4) is 5.75 Å². The van der Waals surface area contributed by atoms with Crippen LogP contribution < -0.4 is 4.74 Å². The lowest BCUT2D eigenvalue weighted by molar-refractivity contribution is -0.143. The average molecular weight is 301 g/mol. The molecule has 1 aromatic rings. The van der Waals surface area contributed by atoms with Crippen molar-refractivity contribution in [1.82, 2.24) is 0 Å². The third-order valence-electron chi connectivity index (χ3n) is 3.15. The normalized spacial score (nSPS) is 25.5. The molecule has 0 spiro atoms. The van der Waals surface area contributed by atoms with Crippen LogP contribution in [0.1, 0.15) is 25.0 Å². The van der Waals surface area contributed by atoms with Crippen molar-refractivity contribution < 1.29 is 23.7 Å². The number of carbonyl (C=O) groups excluding carboxylic acids is 1. The van der Waals surface area contributed by atoms with E-state index >= 15 is 0 Å². The van der Waals surface area contributed by atoms with Gasteiger partial charge in [0.15, 0.2) is 6.29 Å². The first-order chi connectivity index (χ1) is 9.55. The second-order valence-corrected chi connectivity index (χ2v) is 4.87. The number of esters is 1. The number of hydrogen-bond acceptors (Lipinski definition) is 5. The first-order valence-electron chi connectivity index (χ1n) is 6.26. The minimum Gasteiger partial charge on any atom is -0.497 e. The van der Waals surface area contributed by atoms with Crippen LogP contribution in [0.15, 0.2) is 18.2 Å². The maximum Gasteiger partial charge on any atom is 0.308 e. The summed E-state index contributed by atoms with van der Waals surface area (Å²) in [5.74, 6) is 0.320. The first-order valence-corrected chi connectivity index (χ1v) is 6.64. The highest BCUT2D eigenvalue weighted by atomic mass is 35.5. The maximum absolute atomic E-state index is 11.4.